The molecule has 100 valence electrons. The summed E-state index contributed by atoms with van der Waals surface area (Å²) < 4.78 is 5.72. The maximum Gasteiger partial charge on any atom is 0.139 e. The Morgan fingerprint density at radius 2 is 1.90 bits per heavy atom. The van der Waals surface area contributed by atoms with Crippen LogP contribution in [0.3, 0.4) is 0 Å². The molecule has 0 fully saturated rings. The number of benzene rings is 2. The molecule has 0 bridgehead atoms. The van der Waals surface area contributed by atoms with Gasteiger partial charge in [-0.3, -0.25) is 4.98 Å². The molecule has 2 nitrogen and oxygen atoms in total. The first-order valence-electron chi connectivity index (χ1n) is 6.14. The maximum absolute atomic E-state index is 6.06. The predicted octanol–water partition coefficient (Wildman–Crippen LogP) is 5.12. The number of pyridine rings is 1. The lowest BCUT2D eigenvalue weighted by molar-refractivity contribution is 0.306. The van der Waals surface area contributed by atoms with E-state index in [2.05, 4.69) is 11.1 Å². The number of rotatable bonds is 3. The van der Waals surface area contributed by atoms with Gasteiger partial charge in [0.25, 0.3) is 0 Å². The molecule has 0 amide bonds. The van der Waals surface area contributed by atoms with E-state index in [1.54, 1.807) is 24.4 Å². The molecule has 1 aromatic heterocycles. The Morgan fingerprint density at radius 3 is 2.80 bits per heavy atom. The molecule has 20 heavy (non-hydrogen) atoms. The Bertz CT molecular complexity index is 758. The first-order chi connectivity index (χ1) is 9.72. The normalized spacial score (nSPS) is 10.7. The van der Waals surface area contributed by atoms with Gasteiger partial charge in [-0.1, -0.05) is 35.3 Å². The first-order valence-corrected chi connectivity index (χ1v) is 6.89. The molecule has 0 saturated carbocycles. The molecule has 0 atom stereocenters. The molecular formula is C16H11Cl2NO. The van der Waals surface area contributed by atoms with Crippen LogP contribution in [0.4, 0.5) is 0 Å². The van der Waals surface area contributed by atoms with E-state index < -0.39 is 0 Å². The second-order valence-corrected chi connectivity index (χ2v) is 5.24. The Balaban J connectivity index is 1.81. The molecule has 0 spiro atoms. The van der Waals surface area contributed by atoms with Crippen molar-refractivity contribution < 1.29 is 4.74 Å². The van der Waals surface area contributed by atoms with Crippen LogP contribution in [0.15, 0.2) is 54.7 Å². The molecule has 0 aliphatic heterocycles. The third-order valence-corrected chi connectivity index (χ3v) is 3.50. The number of hydrogen-bond acceptors (Lipinski definition) is 2. The van der Waals surface area contributed by atoms with Crippen molar-refractivity contribution in [3.63, 3.8) is 0 Å². The first kappa shape index (κ1) is 13.2. The summed E-state index contributed by atoms with van der Waals surface area (Å²) in [6.07, 6.45) is 1.78. The van der Waals surface area contributed by atoms with E-state index in [1.807, 2.05) is 24.3 Å². The average molecular weight is 304 g/mol. The van der Waals surface area contributed by atoms with Gasteiger partial charge in [-0.25, -0.2) is 0 Å². The average Bonchev–Trinajstić information content (AvgIpc) is 2.48. The zero-order chi connectivity index (χ0) is 13.9. The number of ether oxygens (including phenoxy) is 1. The van der Waals surface area contributed by atoms with Crippen LogP contribution in [0, 0.1) is 0 Å². The van der Waals surface area contributed by atoms with Gasteiger partial charge < -0.3 is 4.74 Å². The highest BCUT2D eigenvalue weighted by Crippen LogP contribution is 2.28. The lowest BCUT2D eigenvalue weighted by Gasteiger charge is -2.09. The molecule has 3 aromatic rings. The smallest absolute Gasteiger partial charge is 0.139 e. The van der Waals surface area contributed by atoms with Crippen LogP contribution in [-0.2, 0) is 6.61 Å². The fourth-order valence-corrected chi connectivity index (χ4v) is 2.30. The topological polar surface area (TPSA) is 22.1 Å². The quantitative estimate of drug-likeness (QED) is 0.670. The van der Waals surface area contributed by atoms with Gasteiger partial charge in [0.05, 0.1) is 10.5 Å². The van der Waals surface area contributed by atoms with Crippen molar-refractivity contribution in [1.29, 1.82) is 0 Å². The number of aromatic nitrogens is 1. The lowest BCUT2D eigenvalue weighted by atomic mass is 10.1. The van der Waals surface area contributed by atoms with Crippen LogP contribution >= 0.6 is 23.2 Å². The van der Waals surface area contributed by atoms with Crippen molar-refractivity contribution >= 4 is 34.1 Å². The van der Waals surface area contributed by atoms with Crippen LogP contribution < -0.4 is 4.74 Å². The number of hydrogen-bond donors (Lipinski definition) is 0. The van der Waals surface area contributed by atoms with Gasteiger partial charge in [0.2, 0.25) is 0 Å². The van der Waals surface area contributed by atoms with Crippen molar-refractivity contribution in [3.8, 4) is 5.75 Å². The van der Waals surface area contributed by atoms with Crippen molar-refractivity contribution in [3.05, 3.63) is 70.3 Å². The van der Waals surface area contributed by atoms with Gasteiger partial charge in [-0.15, -0.1) is 0 Å². The van der Waals surface area contributed by atoms with Gasteiger partial charge in [0.1, 0.15) is 12.4 Å². The Morgan fingerprint density at radius 1 is 1.00 bits per heavy atom. The van der Waals surface area contributed by atoms with Crippen LogP contribution in [0.1, 0.15) is 5.56 Å². The van der Waals surface area contributed by atoms with E-state index in [9.17, 15) is 0 Å². The van der Waals surface area contributed by atoms with E-state index in [0.717, 1.165) is 16.5 Å². The van der Waals surface area contributed by atoms with Crippen LogP contribution in [0.25, 0.3) is 10.9 Å². The molecule has 4 heteroatoms. The molecule has 0 N–H and O–H groups in total. The fourth-order valence-electron chi connectivity index (χ4n) is 1.96. The van der Waals surface area contributed by atoms with Gasteiger partial charge in [-0.05, 0) is 35.9 Å². The summed E-state index contributed by atoms with van der Waals surface area (Å²) in [4.78, 5) is 4.29. The summed E-state index contributed by atoms with van der Waals surface area (Å²) in [7, 11) is 0. The lowest BCUT2D eigenvalue weighted by Crippen LogP contribution is -1.96. The van der Waals surface area contributed by atoms with Crippen LogP contribution in [0.2, 0.25) is 10.0 Å². The summed E-state index contributed by atoms with van der Waals surface area (Å²) in [5, 5.41) is 2.25. The SMILES string of the molecule is Clc1ccc(Cl)c(OCc2ccc3ncccc3c2)c1. The summed E-state index contributed by atoms with van der Waals surface area (Å²) in [6, 6.07) is 15.1. The highest BCUT2D eigenvalue weighted by Gasteiger charge is 2.04. The van der Waals surface area contributed by atoms with Crippen molar-refractivity contribution in [2.75, 3.05) is 0 Å². The second-order valence-electron chi connectivity index (χ2n) is 4.39. The number of fused-ring (bicyclic) bond motifs is 1. The molecular weight excluding hydrogens is 293 g/mol. The summed E-state index contributed by atoms with van der Waals surface area (Å²) in [5.41, 5.74) is 2.03. The van der Waals surface area contributed by atoms with Gasteiger partial charge >= 0.3 is 0 Å². The summed E-state index contributed by atoms with van der Waals surface area (Å²) in [6.45, 7) is 0.435. The molecule has 3 rings (SSSR count). The Kier molecular flexibility index (Phi) is 3.77. The molecule has 0 aliphatic rings. The Labute approximate surface area is 126 Å². The van der Waals surface area contributed by atoms with E-state index >= 15 is 0 Å². The fraction of sp³-hybridized carbons (Fsp3) is 0.0625. The van der Waals surface area contributed by atoms with E-state index in [4.69, 9.17) is 27.9 Å². The third kappa shape index (κ3) is 2.87. The predicted molar refractivity (Wildman–Crippen MR) is 82.5 cm³/mol. The standard InChI is InChI=1S/C16H11Cl2NO/c17-13-4-5-14(18)16(9-13)20-10-11-3-6-15-12(8-11)2-1-7-19-15/h1-9H,10H2. The molecule has 0 aliphatic carbocycles. The van der Waals surface area contributed by atoms with Crippen molar-refractivity contribution in [2.45, 2.75) is 6.61 Å². The largest absolute Gasteiger partial charge is 0.487 e. The van der Waals surface area contributed by atoms with Crippen LogP contribution in [-0.4, -0.2) is 4.98 Å². The Hall–Kier alpha value is -1.77. The number of nitrogens with zero attached hydrogens (tertiary/aromatic N) is 1. The molecule has 0 unspecified atom stereocenters. The summed E-state index contributed by atoms with van der Waals surface area (Å²) in [5.74, 6) is 0.588. The van der Waals surface area contributed by atoms with E-state index in [-0.39, 0.29) is 0 Å². The van der Waals surface area contributed by atoms with E-state index in [0.29, 0.717) is 22.4 Å². The highest BCUT2D eigenvalue weighted by molar-refractivity contribution is 6.34. The monoisotopic (exact) mass is 303 g/mol. The van der Waals surface area contributed by atoms with Gasteiger partial charge in [0.15, 0.2) is 0 Å². The maximum atomic E-state index is 6.06. The minimum Gasteiger partial charge on any atom is -0.487 e. The molecule has 0 saturated heterocycles. The van der Waals surface area contributed by atoms with Gasteiger partial charge in [0, 0.05) is 22.7 Å². The third-order valence-electron chi connectivity index (χ3n) is 2.96. The van der Waals surface area contributed by atoms with Crippen molar-refractivity contribution in [1.82, 2.24) is 4.98 Å². The van der Waals surface area contributed by atoms with E-state index in [1.165, 1.54) is 0 Å². The van der Waals surface area contributed by atoms with Crippen molar-refractivity contribution in [2.24, 2.45) is 0 Å². The zero-order valence-electron chi connectivity index (χ0n) is 10.5. The molecule has 2 aromatic carbocycles. The second kappa shape index (κ2) is 5.70. The molecule has 1 heterocycles. The summed E-state index contributed by atoms with van der Waals surface area (Å²) >= 11 is 12.0. The molecule has 0 radical (unpaired) electrons. The van der Waals surface area contributed by atoms with Crippen LogP contribution in [0.5, 0.6) is 5.75 Å². The highest BCUT2D eigenvalue weighted by atomic mass is 35.5. The number of halogens is 2. The zero-order valence-corrected chi connectivity index (χ0v) is 12.0. The van der Waals surface area contributed by atoms with Gasteiger partial charge in [-0.2, -0.15) is 0 Å². The minimum absolute atomic E-state index is 0.435. The minimum atomic E-state index is 0.435.